The van der Waals surface area contributed by atoms with Crippen molar-refractivity contribution in [2.24, 2.45) is 0 Å². The van der Waals surface area contributed by atoms with E-state index in [0.29, 0.717) is 6.04 Å². The molecule has 20 heavy (non-hydrogen) atoms. The van der Waals surface area contributed by atoms with Crippen LogP contribution in [0.3, 0.4) is 0 Å². The fourth-order valence-corrected chi connectivity index (χ4v) is 3.11. The molecule has 0 saturated heterocycles. The summed E-state index contributed by atoms with van der Waals surface area (Å²) < 4.78 is 0. The van der Waals surface area contributed by atoms with Crippen molar-refractivity contribution in [1.29, 1.82) is 0 Å². The molecule has 0 aliphatic rings. The summed E-state index contributed by atoms with van der Waals surface area (Å²) in [6, 6.07) is 0.656. The van der Waals surface area contributed by atoms with Crippen LogP contribution in [0.25, 0.3) is 0 Å². The van der Waals surface area contributed by atoms with Crippen LogP contribution in [0.1, 0.15) is 79.6 Å². The van der Waals surface area contributed by atoms with Crippen LogP contribution in [-0.4, -0.2) is 48.6 Å². The summed E-state index contributed by atoms with van der Waals surface area (Å²) in [6.07, 6.45) is 9.69. The summed E-state index contributed by atoms with van der Waals surface area (Å²) in [5, 5.41) is 0. The fourth-order valence-electron chi connectivity index (χ4n) is 3.11. The summed E-state index contributed by atoms with van der Waals surface area (Å²) in [5.41, 5.74) is 0.253. The van der Waals surface area contributed by atoms with E-state index in [1.54, 1.807) is 0 Å². The van der Waals surface area contributed by atoms with E-state index < -0.39 is 0 Å². The van der Waals surface area contributed by atoms with Crippen molar-refractivity contribution >= 4 is 0 Å². The van der Waals surface area contributed by atoms with Gasteiger partial charge in [0.2, 0.25) is 0 Å². The molecule has 1 atom stereocenters. The van der Waals surface area contributed by atoms with Gasteiger partial charge in [0.15, 0.2) is 0 Å². The van der Waals surface area contributed by atoms with Gasteiger partial charge in [0.05, 0.1) is 0 Å². The van der Waals surface area contributed by atoms with Crippen LogP contribution in [0.5, 0.6) is 0 Å². The minimum absolute atomic E-state index is 0.253. The van der Waals surface area contributed by atoms with Gasteiger partial charge < -0.3 is 4.90 Å². The zero-order valence-corrected chi connectivity index (χ0v) is 15.3. The Labute approximate surface area is 128 Å². The molecule has 0 spiro atoms. The van der Waals surface area contributed by atoms with Gasteiger partial charge in [0, 0.05) is 11.6 Å². The summed E-state index contributed by atoms with van der Waals surface area (Å²) in [4.78, 5) is 5.04. The van der Waals surface area contributed by atoms with Gasteiger partial charge in [-0.2, -0.15) is 0 Å². The third kappa shape index (κ3) is 6.58. The number of hydrogen-bond acceptors (Lipinski definition) is 2. The van der Waals surface area contributed by atoms with Crippen molar-refractivity contribution < 1.29 is 0 Å². The molecule has 0 aromatic rings. The maximum atomic E-state index is 2.54. The fraction of sp³-hybridized carbons (Fsp3) is 1.00. The summed E-state index contributed by atoms with van der Waals surface area (Å²) in [5.74, 6) is 0. The minimum atomic E-state index is 0.253. The Kier molecular flexibility index (Phi) is 10.6. The van der Waals surface area contributed by atoms with Crippen LogP contribution in [0.15, 0.2) is 0 Å². The molecule has 2 heteroatoms. The average Bonchev–Trinajstić information content (AvgIpc) is 2.44. The predicted octanol–water partition coefficient (Wildman–Crippen LogP) is 4.79. The molecule has 0 heterocycles. The molecule has 0 bridgehead atoms. The molecule has 0 aromatic carbocycles. The monoisotopic (exact) mass is 284 g/mol. The molecular formula is C18H40N2. The standard InChI is InChI=1S/C18H40N2/c1-8-11-12-13-14-15-16-17(19(6)9-2)18(4,5)20(7)10-3/h17H,8-16H2,1-7H3. The third-order valence-electron chi connectivity index (χ3n) is 5.14. The number of hydrogen-bond donors (Lipinski definition) is 0. The van der Waals surface area contributed by atoms with Gasteiger partial charge in [0.1, 0.15) is 0 Å². The van der Waals surface area contributed by atoms with Gasteiger partial charge >= 0.3 is 0 Å². The molecule has 0 rings (SSSR count). The zero-order valence-electron chi connectivity index (χ0n) is 15.3. The van der Waals surface area contributed by atoms with Crippen molar-refractivity contribution in [3.05, 3.63) is 0 Å². The van der Waals surface area contributed by atoms with Crippen LogP contribution < -0.4 is 0 Å². The SMILES string of the molecule is CCCCCCCCC(N(C)CC)C(C)(C)N(C)CC. The Balaban J connectivity index is 4.36. The molecule has 1 unspecified atom stereocenters. The highest BCUT2D eigenvalue weighted by Crippen LogP contribution is 2.26. The molecule has 0 aromatic heterocycles. The van der Waals surface area contributed by atoms with Crippen molar-refractivity contribution in [3.8, 4) is 0 Å². The molecule has 122 valence electrons. The molecule has 0 amide bonds. The lowest BCUT2D eigenvalue weighted by Crippen LogP contribution is -2.56. The van der Waals surface area contributed by atoms with Crippen molar-refractivity contribution in [3.63, 3.8) is 0 Å². The molecule has 0 aliphatic carbocycles. The Bertz CT molecular complexity index is 225. The maximum absolute atomic E-state index is 2.54. The number of unbranched alkanes of at least 4 members (excludes halogenated alkanes) is 5. The van der Waals surface area contributed by atoms with E-state index in [0.717, 1.165) is 13.1 Å². The second-order valence-corrected chi connectivity index (χ2v) is 6.81. The lowest BCUT2D eigenvalue weighted by atomic mass is 9.87. The Morgan fingerprint density at radius 1 is 0.800 bits per heavy atom. The first-order valence-electron chi connectivity index (χ1n) is 8.83. The molecule has 0 saturated carbocycles. The van der Waals surface area contributed by atoms with Gasteiger partial charge in [-0.05, 0) is 47.5 Å². The number of nitrogens with zero attached hydrogens (tertiary/aromatic N) is 2. The highest BCUT2D eigenvalue weighted by Gasteiger charge is 2.34. The van der Waals surface area contributed by atoms with E-state index in [4.69, 9.17) is 0 Å². The average molecular weight is 285 g/mol. The van der Waals surface area contributed by atoms with Crippen molar-refractivity contribution in [1.82, 2.24) is 9.80 Å². The molecule has 0 fully saturated rings. The van der Waals surface area contributed by atoms with Gasteiger partial charge in [-0.1, -0.05) is 59.3 Å². The van der Waals surface area contributed by atoms with Gasteiger partial charge in [0.25, 0.3) is 0 Å². The van der Waals surface area contributed by atoms with Crippen LogP contribution >= 0.6 is 0 Å². The molecule has 2 nitrogen and oxygen atoms in total. The van der Waals surface area contributed by atoms with Crippen molar-refractivity contribution in [2.75, 3.05) is 27.2 Å². The molecule has 0 aliphatic heterocycles. The Morgan fingerprint density at radius 3 is 1.85 bits per heavy atom. The second-order valence-electron chi connectivity index (χ2n) is 6.81. The van der Waals surface area contributed by atoms with Crippen LogP contribution in [0.2, 0.25) is 0 Å². The smallest absolute Gasteiger partial charge is 0.0305 e. The van der Waals surface area contributed by atoms with Crippen LogP contribution in [-0.2, 0) is 0 Å². The van der Waals surface area contributed by atoms with E-state index in [9.17, 15) is 0 Å². The molecule has 0 radical (unpaired) electrons. The van der Waals surface area contributed by atoms with Gasteiger partial charge in [-0.15, -0.1) is 0 Å². The van der Waals surface area contributed by atoms with E-state index in [1.165, 1.54) is 44.9 Å². The van der Waals surface area contributed by atoms with E-state index in [1.807, 2.05) is 0 Å². The maximum Gasteiger partial charge on any atom is 0.0305 e. The Hall–Kier alpha value is -0.0800. The van der Waals surface area contributed by atoms with Gasteiger partial charge in [-0.3, -0.25) is 4.90 Å². The normalized spacial score (nSPS) is 14.2. The molecule has 0 N–H and O–H groups in total. The summed E-state index contributed by atoms with van der Waals surface area (Å²) in [6.45, 7) is 13.9. The van der Waals surface area contributed by atoms with E-state index in [2.05, 4.69) is 58.5 Å². The minimum Gasteiger partial charge on any atom is -0.302 e. The molecular weight excluding hydrogens is 244 g/mol. The lowest BCUT2D eigenvalue weighted by Gasteiger charge is -2.46. The third-order valence-corrected chi connectivity index (χ3v) is 5.14. The summed E-state index contributed by atoms with van der Waals surface area (Å²) >= 11 is 0. The van der Waals surface area contributed by atoms with Gasteiger partial charge in [-0.25, -0.2) is 0 Å². The first-order valence-corrected chi connectivity index (χ1v) is 8.83. The first kappa shape index (κ1) is 19.9. The highest BCUT2D eigenvalue weighted by molar-refractivity contribution is 4.92. The second kappa shape index (κ2) is 10.6. The first-order chi connectivity index (χ1) is 9.41. The summed E-state index contributed by atoms with van der Waals surface area (Å²) in [7, 11) is 4.55. The topological polar surface area (TPSA) is 6.48 Å². The number of rotatable bonds is 12. The van der Waals surface area contributed by atoms with Crippen LogP contribution in [0, 0.1) is 0 Å². The number of likely N-dealkylation sites (N-methyl/N-ethyl adjacent to an activating group) is 2. The van der Waals surface area contributed by atoms with Crippen molar-refractivity contribution in [2.45, 2.75) is 91.1 Å². The highest BCUT2D eigenvalue weighted by atomic mass is 15.2. The quantitative estimate of drug-likeness (QED) is 0.476. The van der Waals surface area contributed by atoms with Crippen LogP contribution in [0.4, 0.5) is 0 Å². The van der Waals surface area contributed by atoms with E-state index >= 15 is 0 Å². The predicted molar refractivity (Wildman–Crippen MR) is 92.5 cm³/mol. The largest absolute Gasteiger partial charge is 0.302 e. The van der Waals surface area contributed by atoms with E-state index in [-0.39, 0.29) is 5.54 Å². The lowest BCUT2D eigenvalue weighted by molar-refractivity contribution is 0.0467. The zero-order chi connectivity index (χ0) is 15.6. The Morgan fingerprint density at radius 2 is 1.35 bits per heavy atom.